The van der Waals surface area contributed by atoms with E-state index in [1.807, 2.05) is 18.2 Å². The molecule has 0 aliphatic carbocycles. The maximum Gasteiger partial charge on any atom is 0.240 e. The first-order chi connectivity index (χ1) is 13.8. The Kier molecular flexibility index (Phi) is 6.73. The molecule has 2 aromatic rings. The average Bonchev–Trinajstić information content (AvgIpc) is 2.73. The second kappa shape index (κ2) is 9.08. The zero-order chi connectivity index (χ0) is 21.0. The van der Waals surface area contributed by atoms with Crippen molar-refractivity contribution < 1.29 is 28.5 Å². The number of nitrogens with zero attached hydrogens (tertiary/aromatic N) is 2. The van der Waals surface area contributed by atoms with Gasteiger partial charge in [0.25, 0.3) is 0 Å². The fraction of sp³-hybridized carbons (Fsp3) is 0.368. The Bertz CT molecular complexity index is 936. The number of hydrogen-bond donors (Lipinski definition) is 4. The Morgan fingerprint density at radius 2 is 1.48 bits per heavy atom. The van der Waals surface area contributed by atoms with Crippen molar-refractivity contribution in [3.05, 3.63) is 54.6 Å². The summed E-state index contributed by atoms with van der Waals surface area (Å²) < 4.78 is 32.7. The summed E-state index contributed by atoms with van der Waals surface area (Å²) in [7, 11) is -3.87. The first-order valence-corrected chi connectivity index (χ1v) is 10.5. The van der Waals surface area contributed by atoms with Gasteiger partial charge in [-0.1, -0.05) is 18.2 Å². The van der Waals surface area contributed by atoms with Crippen molar-refractivity contribution in [3.8, 4) is 0 Å². The molecular formula is C19H23N3O6S. The highest BCUT2D eigenvalue weighted by molar-refractivity contribution is 7.89. The molecule has 0 saturated carbocycles. The lowest BCUT2D eigenvalue weighted by Gasteiger charge is -2.39. The highest BCUT2D eigenvalue weighted by atomic mass is 32.2. The third-order valence-corrected chi connectivity index (χ3v) is 6.05. The van der Waals surface area contributed by atoms with Crippen molar-refractivity contribution in [2.24, 2.45) is 10.2 Å². The molecule has 1 fully saturated rings. The summed E-state index contributed by atoms with van der Waals surface area (Å²) in [6.45, 7) is 1.27. The van der Waals surface area contributed by atoms with Crippen LogP contribution in [-0.2, 0) is 14.8 Å². The van der Waals surface area contributed by atoms with Gasteiger partial charge in [-0.25, -0.2) is 13.1 Å². The van der Waals surface area contributed by atoms with Gasteiger partial charge >= 0.3 is 0 Å². The van der Waals surface area contributed by atoms with E-state index >= 15 is 0 Å². The number of hydrogen-bond acceptors (Lipinski definition) is 8. The molecule has 29 heavy (non-hydrogen) atoms. The molecule has 5 atom stereocenters. The van der Waals surface area contributed by atoms with E-state index in [0.717, 1.165) is 0 Å². The molecule has 1 saturated heterocycles. The zero-order valence-electron chi connectivity index (χ0n) is 15.7. The van der Waals surface area contributed by atoms with Crippen LogP contribution in [0.1, 0.15) is 6.92 Å². The van der Waals surface area contributed by atoms with Gasteiger partial charge in [-0.2, -0.15) is 10.2 Å². The molecule has 9 nitrogen and oxygen atoms in total. The van der Waals surface area contributed by atoms with Crippen LogP contribution in [0.5, 0.6) is 0 Å². The number of benzene rings is 2. The predicted molar refractivity (Wildman–Crippen MR) is 105 cm³/mol. The molecule has 1 aliphatic rings. The van der Waals surface area contributed by atoms with Gasteiger partial charge in [-0.3, -0.25) is 0 Å². The maximum atomic E-state index is 12.5. The minimum absolute atomic E-state index is 0.00934. The summed E-state index contributed by atoms with van der Waals surface area (Å²) in [6, 6.07) is 15.0. The molecule has 10 heteroatoms. The molecular weight excluding hydrogens is 398 g/mol. The van der Waals surface area contributed by atoms with Gasteiger partial charge in [0.2, 0.25) is 10.0 Å². The van der Waals surface area contributed by atoms with Gasteiger partial charge < -0.3 is 20.1 Å². The number of azo groups is 1. The zero-order valence-corrected chi connectivity index (χ0v) is 16.5. The summed E-state index contributed by atoms with van der Waals surface area (Å²) in [4.78, 5) is 0.00934. The minimum atomic E-state index is -3.87. The Labute approximate surface area is 168 Å². The van der Waals surface area contributed by atoms with E-state index in [4.69, 9.17) is 4.74 Å². The van der Waals surface area contributed by atoms with Crippen molar-refractivity contribution in [2.45, 2.75) is 42.3 Å². The van der Waals surface area contributed by atoms with Crippen LogP contribution in [0.25, 0.3) is 0 Å². The fourth-order valence-corrected chi connectivity index (χ4v) is 3.93. The van der Waals surface area contributed by atoms with Crippen molar-refractivity contribution in [1.29, 1.82) is 0 Å². The van der Waals surface area contributed by atoms with Crippen LogP contribution < -0.4 is 4.72 Å². The Hall–Kier alpha value is -2.21. The summed E-state index contributed by atoms with van der Waals surface area (Å²) in [5.74, 6) is 0. The lowest BCUT2D eigenvalue weighted by atomic mass is 9.96. The maximum absolute atomic E-state index is 12.5. The smallest absolute Gasteiger partial charge is 0.240 e. The van der Waals surface area contributed by atoms with E-state index in [2.05, 4.69) is 15.0 Å². The van der Waals surface area contributed by atoms with Gasteiger partial charge in [0, 0.05) is 6.54 Å². The van der Waals surface area contributed by atoms with Crippen molar-refractivity contribution in [1.82, 2.24) is 4.72 Å². The largest absolute Gasteiger partial charge is 0.388 e. The van der Waals surface area contributed by atoms with Gasteiger partial charge in [0.05, 0.1) is 22.4 Å². The fourth-order valence-electron chi connectivity index (χ4n) is 2.88. The van der Waals surface area contributed by atoms with Crippen molar-refractivity contribution in [2.75, 3.05) is 6.54 Å². The molecule has 0 bridgehead atoms. The summed E-state index contributed by atoms with van der Waals surface area (Å²) in [5.41, 5.74) is 1.17. The lowest BCUT2D eigenvalue weighted by Crippen LogP contribution is -2.59. The van der Waals surface area contributed by atoms with E-state index in [-0.39, 0.29) is 11.4 Å². The molecule has 4 N–H and O–H groups in total. The van der Waals surface area contributed by atoms with Gasteiger partial charge in [0.1, 0.15) is 24.4 Å². The quantitative estimate of drug-likeness (QED) is 0.518. The van der Waals surface area contributed by atoms with E-state index in [0.29, 0.717) is 11.4 Å². The van der Waals surface area contributed by atoms with Crippen molar-refractivity contribution >= 4 is 21.4 Å². The number of rotatable bonds is 6. The number of aliphatic hydroxyl groups excluding tert-OH is 3. The topological polar surface area (TPSA) is 141 Å². The van der Waals surface area contributed by atoms with Crippen LogP contribution >= 0.6 is 0 Å². The average molecular weight is 421 g/mol. The first-order valence-electron chi connectivity index (χ1n) is 9.04. The van der Waals surface area contributed by atoms with Gasteiger partial charge in [-0.05, 0) is 43.3 Å². The number of aliphatic hydroxyl groups is 3. The van der Waals surface area contributed by atoms with E-state index < -0.39 is 40.5 Å². The Morgan fingerprint density at radius 3 is 2.10 bits per heavy atom. The molecule has 0 amide bonds. The second-order valence-corrected chi connectivity index (χ2v) is 8.50. The van der Waals surface area contributed by atoms with Crippen LogP contribution in [-0.4, -0.2) is 60.8 Å². The summed E-state index contributed by atoms with van der Waals surface area (Å²) in [6.07, 6.45) is -5.79. The normalized spacial score (nSPS) is 27.9. The van der Waals surface area contributed by atoms with Crippen LogP contribution in [0, 0.1) is 0 Å². The third kappa shape index (κ3) is 5.24. The van der Waals surface area contributed by atoms with Gasteiger partial charge in [-0.15, -0.1) is 0 Å². The lowest BCUT2D eigenvalue weighted by molar-refractivity contribution is -0.214. The molecule has 2 aromatic carbocycles. The highest BCUT2D eigenvalue weighted by Gasteiger charge is 2.41. The van der Waals surface area contributed by atoms with Crippen LogP contribution in [0.2, 0.25) is 0 Å². The standard InChI is InChI=1S/C19H23N3O6S/c1-12-17(23)19(25)18(24)16(28-12)11-20-29(26,27)15-9-7-14(8-10-15)22-21-13-5-3-2-4-6-13/h2-10,12,16-20,23-25H,11H2,1H3/t12-,16+,17+,18+,19+/m0/s1. The van der Waals surface area contributed by atoms with Crippen LogP contribution in [0.15, 0.2) is 69.7 Å². The number of ether oxygens (including phenoxy) is 1. The third-order valence-electron chi connectivity index (χ3n) is 4.61. The van der Waals surface area contributed by atoms with E-state index in [1.165, 1.54) is 31.2 Å². The molecule has 156 valence electrons. The highest BCUT2D eigenvalue weighted by Crippen LogP contribution is 2.22. The predicted octanol–water partition coefficient (Wildman–Crippen LogP) is 1.25. The molecule has 0 unspecified atom stereocenters. The molecule has 3 rings (SSSR count). The van der Waals surface area contributed by atoms with Gasteiger partial charge in [0.15, 0.2) is 0 Å². The minimum Gasteiger partial charge on any atom is -0.388 e. The Morgan fingerprint density at radius 1 is 0.897 bits per heavy atom. The van der Waals surface area contributed by atoms with Crippen molar-refractivity contribution in [3.63, 3.8) is 0 Å². The van der Waals surface area contributed by atoms with Crippen LogP contribution in [0.3, 0.4) is 0 Å². The van der Waals surface area contributed by atoms with Crippen LogP contribution in [0.4, 0.5) is 11.4 Å². The van der Waals surface area contributed by atoms with E-state index in [1.54, 1.807) is 12.1 Å². The SMILES string of the molecule is C[C@@H]1O[C@H](CNS(=O)(=O)c2ccc(N=Nc3ccccc3)cc2)[C@@H](O)[C@H](O)[C@@H]1O. The monoisotopic (exact) mass is 421 g/mol. The summed E-state index contributed by atoms with van der Waals surface area (Å²) >= 11 is 0. The number of nitrogens with one attached hydrogen (secondary N) is 1. The summed E-state index contributed by atoms with van der Waals surface area (Å²) in [5, 5.41) is 37.6. The van der Waals surface area contributed by atoms with E-state index in [9.17, 15) is 23.7 Å². The molecule has 1 aliphatic heterocycles. The number of sulfonamides is 1. The Balaban J connectivity index is 1.63. The second-order valence-electron chi connectivity index (χ2n) is 6.73. The molecule has 0 radical (unpaired) electrons. The molecule has 1 heterocycles. The molecule has 0 spiro atoms. The molecule has 0 aromatic heterocycles. The first kappa shape index (κ1) is 21.5.